The number of rotatable bonds is 8. The van der Waals surface area contributed by atoms with Crippen molar-refractivity contribution in [3.8, 4) is 11.5 Å². The van der Waals surface area contributed by atoms with Crippen LogP contribution in [0, 0.1) is 0 Å². The number of carbonyl (C=O) groups is 2. The Labute approximate surface area is 153 Å². The van der Waals surface area contributed by atoms with Crippen molar-refractivity contribution in [2.24, 2.45) is 0 Å². The van der Waals surface area contributed by atoms with Gasteiger partial charge in [-0.05, 0) is 30.5 Å². The Balaban J connectivity index is 1.72. The third kappa shape index (κ3) is 6.82. The van der Waals surface area contributed by atoms with E-state index in [0.29, 0.717) is 49.2 Å². The highest BCUT2D eigenvalue weighted by atomic mass is 35.5. The predicted molar refractivity (Wildman–Crippen MR) is 96.1 cm³/mol. The summed E-state index contributed by atoms with van der Waals surface area (Å²) in [7, 11) is 0. The van der Waals surface area contributed by atoms with E-state index in [2.05, 4.69) is 10.6 Å². The molecule has 6 nitrogen and oxygen atoms in total. The molecule has 0 fully saturated rings. The summed E-state index contributed by atoms with van der Waals surface area (Å²) in [4.78, 5) is 22.7. The number of amides is 2. The van der Waals surface area contributed by atoms with E-state index in [0.717, 1.165) is 31.2 Å². The van der Waals surface area contributed by atoms with Crippen molar-refractivity contribution in [2.75, 3.05) is 19.8 Å². The third-order valence-electron chi connectivity index (χ3n) is 3.81. The topological polar surface area (TPSA) is 76.7 Å². The van der Waals surface area contributed by atoms with Gasteiger partial charge < -0.3 is 20.1 Å². The fourth-order valence-electron chi connectivity index (χ4n) is 2.53. The maximum absolute atomic E-state index is 11.9. The highest BCUT2D eigenvalue weighted by Gasteiger charge is 2.15. The van der Waals surface area contributed by atoms with E-state index < -0.39 is 0 Å². The van der Waals surface area contributed by atoms with Crippen LogP contribution in [-0.2, 0) is 16.1 Å². The fraction of sp³-hybridized carbons (Fsp3) is 0.556. The molecule has 2 N–H and O–H groups in total. The van der Waals surface area contributed by atoms with E-state index >= 15 is 0 Å². The van der Waals surface area contributed by atoms with Crippen LogP contribution in [0.4, 0.5) is 0 Å². The monoisotopic (exact) mass is 368 g/mol. The second-order valence-corrected chi connectivity index (χ2v) is 6.43. The number of unbranched alkanes of at least 4 members (excludes halogenated alkanes) is 2. The van der Waals surface area contributed by atoms with Gasteiger partial charge in [-0.3, -0.25) is 9.59 Å². The van der Waals surface area contributed by atoms with E-state index in [9.17, 15) is 9.59 Å². The van der Waals surface area contributed by atoms with Crippen molar-refractivity contribution in [3.63, 3.8) is 0 Å². The Morgan fingerprint density at radius 1 is 1.12 bits per heavy atom. The van der Waals surface area contributed by atoms with Crippen LogP contribution >= 0.6 is 11.6 Å². The van der Waals surface area contributed by atoms with Gasteiger partial charge in [0.2, 0.25) is 11.8 Å². The minimum Gasteiger partial charge on any atom is -0.489 e. The fourth-order valence-corrected chi connectivity index (χ4v) is 2.81. The standard InChI is InChI=1S/C18H25ClN2O4/c1-13(22)20-7-4-2-3-6-17(23)21-12-14-10-15(19)18-16(11-14)24-8-5-9-25-18/h10-11H,2-9,12H2,1H3,(H,20,22)(H,21,23). The van der Waals surface area contributed by atoms with E-state index in [4.69, 9.17) is 21.1 Å². The van der Waals surface area contributed by atoms with E-state index in [1.165, 1.54) is 6.92 Å². The first-order valence-electron chi connectivity index (χ1n) is 8.65. The Morgan fingerprint density at radius 3 is 2.72 bits per heavy atom. The molecule has 1 aromatic rings. The molecule has 0 spiro atoms. The second-order valence-electron chi connectivity index (χ2n) is 6.03. The Hall–Kier alpha value is -1.95. The third-order valence-corrected chi connectivity index (χ3v) is 4.09. The lowest BCUT2D eigenvalue weighted by Crippen LogP contribution is -2.23. The molecule has 1 heterocycles. The van der Waals surface area contributed by atoms with Crippen molar-refractivity contribution in [1.29, 1.82) is 0 Å². The van der Waals surface area contributed by atoms with Crippen LogP contribution in [-0.4, -0.2) is 31.6 Å². The van der Waals surface area contributed by atoms with E-state index in [-0.39, 0.29) is 11.8 Å². The Morgan fingerprint density at radius 2 is 1.92 bits per heavy atom. The molecule has 0 bridgehead atoms. The number of ether oxygens (including phenoxy) is 2. The summed E-state index contributed by atoms with van der Waals surface area (Å²) in [5.41, 5.74) is 0.883. The molecule has 2 rings (SSSR count). The van der Waals surface area contributed by atoms with Crippen molar-refractivity contribution in [1.82, 2.24) is 10.6 Å². The highest BCUT2D eigenvalue weighted by Crippen LogP contribution is 2.37. The summed E-state index contributed by atoms with van der Waals surface area (Å²) in [6.07, 6.45) is 3.87. The molecule has 0 saturated carbocycles. The summed E-state index contributed by atoms with van der Waals surface area (Å²) in [6.45, 7) is 3.75. The molecule has 1 aromatic carbocycles. The minimum atomic E-state index is -0.0217. The molecule has 0 aromatic heterocycles. The average Bonchev–Trinajstić information content (AvgIpc) is 2.81. The van der Waals surface area contributed by atoms with Gasteiger partial charge in [-0.25, -0.2) is 0 Å². The van der Waals surface area contributed by atoms with Gasteiger partial charge >= 0.3 is 0 Å². The lowest BCUT2D eigenvalue weighted by molar-refractivity contribution is -0.121. The van der Waals surface area contributed by atoms with Crippen LogP contribution in [0.15, 0.2) is 12.1 Å². The van der Waals surface area contributed by atoms with Gasteiger partial charge in [0.05, 0.1) is 18.2 Å². The smallest absolute Gasteiger partial charge is 0.220 e. The van der Waals surface area contributed by atoms with Gasteiger partial charge in [0.15, 0.2) is 11.5 Å². The molecule has 0 atom stereocenters. The van der Waals surface area contributed by atoms with Gasteiger partial charge in [-0.1, -0.05) is 18.0 Å². The first-order valence-corrected chi connectivity index (χ1v) is 9.03. The highest BCUT2D eigenvalue weighted by molar-refractivity contribution is 6.32. The lowest BCUT2D eigenvalue weighted by atomic mass is 10.1. The summed E-state index contributed by atoms with van der Waals surface area (Å²) in [6, 6.07) is 3.66. The average molecular weight is 369 g/mol. The van der Waals surface area contributed by atoms with Gasteiger partial charge in [-0.15, -0.1) is 0 Å². The molecule has 1 aliphatic heterocycles. The summed E-state index contributed by atoms with van der Waals surface area (Å²) < 4.78 is 11.2. The van der Waals surface area contributed by atoms with Gasteiger partial charge in [0.1, 0.15) is 0 Å². The van der Waals surface area contributed by atoms with Crippen LogP contribution in [0.25, 0.3) is 0 Å². The van der Waals surface area contributed by atoms with Crippen molar-refractivity contribution in [3.05, 3.63) is 22.7 Å². The first-order chi connectivity index (χ1) is 12.1. The number of halogens is 1. The molecule has 0 aliphatic carbocycles. The van der Waals surface area contributed by atoms with Crippen LogP contribution in [0.2, 0.25) is 5.02 Å². The number of hydrogen-bond acceptors (Lipinski definition) is 4. The second kappa shape index (κ2) is 10.1. The minimum absolute atomic E-state index is 0.00256. The molecule has 7 heteroatoms. The quantitative estimate of drug-likeness (QED) is 0.692. The lowest BCUT2D eigenvalue weighted by Gasteiger charge is -2.12. The zero-order valence-electron chi connectivity index (χ0n) is 14.5. The van der Waals surface area contributed by atoms with Gasteiger partial charge in [0, 0.05) is 32.9 Å². The zero-order valence-corrected chi connectivity index (χ0v) is 15.3. The Bertz CT molecular complexity index is 607. The first kappa shape index (κ1) is 19.4. The maximum Gasteiger partial charge on any atom is 0.220 e. The number of fused-ring (bicyclic) bond motifs is 1. The molecule has 2 amide bonds. The molecule has 25 heavy (non-hydrogen) atoms. The molecule has 0 unspecified atom stereocenters. The summed E-state index contributed by atoms with van der Waals surface area (Å²) in [5.74, 6) is 1.19. The zero-order chi connectivity index (χ0) is 18.1. The van der Waals surface area contributed by atoms with Gasteiger partial charge in [0.25, 0.3) is 0 Å². The van der Waals surface area contributed by atoms with E-state index in [1.807, 2.05) is 6.07 Å². The number of benzene rings is 1. The summed E-state index contributed by atoms with van der Waals surface area (Å²) >= 11 is 6.24. The Kier molecular flexibility index (Phi) is 7.85. The molecular formula is C18H25ClN2O4. The number of carbonyl (C=O) groups excluding carboxylic acids is 2. The largest absolute Gasteiger partial charge is 0.489 e. The number of nitrogens with one attached hydrogen (secondary N) is 2. The van der Waals surface area contributed by atoms with Crippen molar-refractivity contribution >= 4 is 23.4 Å². The molecule has 0 radical (unpaired) electrons. The SMILES string of the molecule is CC(=O)NCCCCCC(=O)NCc1cc(Cl)c2c(c1)OCCCO2. The normalized spacial score (nSPS) is 13.0. The van der Waals surface area contributed by atoms with E-state index in [1.54, 1.807) is 6.07 Å². The van der Waals surface area contributed by atoms with Crippen molar-refractivity contribution < 1.29 is 19.1 Å². The van der Waals surface area contributed by atoms with Crippen LogP contribution in [0.3, 0.4) is 0 Å². The van der Waals surface area contributed by atoms with Crippen LogP contribution < -0.4 is 20.1 Å². The summed E-state index contributed by atoms with van der Waals surface area (Å²) in [5, 5.41) is 6.14. The maximum atomic E-state index is 11.9. The van der Waals surface area contributed by atoms with Crippen LogP contribution in [0.1, 0.15) is 44.6 Å². The molecule has 138 valence electrons. The molecular weight excluding hydrogens is 344 g/mol. The van der Waals surface area contributed by atoms with Gasteiger partial charge in [-0.2, -0.15) is 0 Å². The molecule has 1 aliphatic rings. The van der Waals surface area contributed by atoms with Crippen LogP contribution in [0.5, 0.6) is 11.5 Å². The predicted octanol–water partition coefficient (Wildman–Crippen LogP) is 2.81. The molecule has 0 saturated heterocycles. The van der Waals surface area contributed by atoms with Crippen molar-refractivity contribution in [2.45, 2.75) is 45.6 Å². The number of hydrogen-bond donors (Lipinski definition) is 2.